The maximum atomic E-state index is 10.7. The van der Waals surface area contributed by atoms with Gasteiger partial charge in [0, 0.05) is 12.5 Å². The number of rotatable bonds is 6. The average Bonchev–Trinajstić information content (AvgIpc) is 2.65. The van der Waals surface area contributed by atoms with Gasteiger partial charge in [0.2, 0.25) is 0 Å². The van der Waals surface area contributed by atoms with E-state index in [0.29, 0.717) is 23.7 Å². The average molecular weight is 229 g/mol. The predicted octanol–water partition coefficient (Wildman–Crippen LogP) is 0.291. The number of aromatic nitrogens is 1. The van der Waals surface area contributed by atoms with Crippen molar-refractivity contribution in [2.75, 3.05) is 26.1 Å². The van der Waals surface area contributed by atoms with E-state index in [9.17, 15) is 4.79 Å². The fourth-order valence-corrected chi connectivity index (χ4v) is 1.33. The van der Waals surface area contributed by atoms with Crippen LogP contribution in [0.4, 0.5) is 5.13 Å². The Labute approximate surface area is 90.7 Å². The second-order valence-electron chi connectivity index (χ2n) is 2.49. The van der Waals surface area contributed by atoms with E-state index in [1.54, 1.807) is 12.5 Å². The van der Waals surface area contributed by atoms with Crippen molar-refractivity contribution >= 4 is 28.5 Å². The molecule has 7 heteroatoms. The molecule has 0 unspecified atom stereocenters. The monoisotopic (exact) mass is 229 g/mol. The van der Waals surface area contributed by atoms with Gasteiger partial charge in [-0.15, -0.1) is 11.3 Å². The van der Waals surface area contributed by atoms with Crippen molar-refractivity contribution in [1.82, 2.24) is 4.98 Å². The highest BCUT2D eigenvalue weighted by Gasteiger charge is 2.07. The molecule has 0 aliphatic rings. The van der Waals surface area contributed by atoms with Gasteiger partial charge in [0.1, 0.15) is 12.3 Å². The highest BCUT2D eigenvalue weighted by atomic mass is 32.1. The topological polar surface area (TPSA) is 86.8 Å². The molecule has 2 N–H and O–H groups in total. The van der Waals surface area contributed by atoms with E-state index in [-0.39, 0.29) is 12.3 Å². The summed E-state index contributed by atoms with van der Waals surface area (Å²) in [6, 6.07) is 0. The van der Waals surface area contributed by atoms with Gasteiger partial charge in [-0.3, -0.25) is 4.79 Å². The number of nitrogens with zero attached hydrogens (tertiary/aromatic N) is 2. The van der Waals surface area contributed by atoms with Gasteiger partial charge in [0.25, 0.3) is 0 Å². The quantitative estimate of drug-likeness (QED) is 0.328. The van der Waals surface area contributed by atoms with Crippen LogP contribution in [0.3, 0.4) is 0 Å². The fourth-order valence-electron chi connectivity index (χ4n) is 0.770. The van der Waals surface area contributed by atoms with Gasteiger partial charge in [0.05, 0.1) is 6.61 Å². The van der Waals surface area contributed by atoms with Crippen LogP contribution < -0.4 is 5.73 Å². The molecule has 0 saturated heterocycles. The molecule has 0 aromatic carbocycles. The fraction of sp³-hybridized carbons (Fsp3) is 0.375. The van der Waals surface area contributed by atoms with Gasteiger partial charge in [-0.2, -0.15) is 0 Å². The number of carbonyl (C=O) groups excluding carboxylic acids is 1. The van der Waals surface area contributed by atoms with Crippen LogP contribution in [-0.4, -0.2) is 37.3 Å². The minimum absolute atomic E-state index is 0.124. The number of anilines is 1. The van der Waals surface area contributed by atoms with E-state index >= 15 is 0 Å². The highest BCUT2D eigenvalue weighted by Crippen LogP contribution is 2.11. The molecule has 0 aliphatic carbocycles. The van der Waals surface area contributed by atoms with Gasteiger partial charge in [0.15, 0.2) is 17.1 Å². The molecule has 82 valence electrons. The number of aldehydes is 1. The first-order valence-electron chi connectivity index (χ1n) is 4.13. The third-order valence-corrected chi connectivity index (χ3v) is 2.11. The molecule has 0 saturated carbocycles. The number of methoxy groups -OCH3 is 1. The molecule has 15 heavy (non-hydrogen) atoms. The van der Waals surface area contributed by atoms with Crippen molar-refractivity contribution in [1.29, 1.82) is 0 Å². The lowest BCUT2D eigenvalue weighted by Gasteiger charge is -1.98. The van der Waals surface area contributed by atoms with Crippen molar-refractivity contribution in [3.63, 3.8) is 0 Å². The molecule has 0 amide bonds. The zero-order valence-corrected chi connectivity index (χ0v) is 8.99. The Bertz CT molecular complexity index is 351. The van der Waals surface area contributed by atoms with Crippen LogP contribution in [0.1, 0.15) is 5.69 Å². The first-order chi connectivity index (χ1) is 7.27. The van der Waals surface area contributed by atoms with Crippen LogP contribution in [0.5, 0.6) is 0 Å². The summed E-state index contributed by atoms with van der Waals surface area (Å²) in [7, 11) is 1.55. The van der Waals surface area contributed by atoms with E-state index in [2.05, 4.69) is 10.1 Å². The van der Waals surface area contributed by atoms with Crippen LogP contribution in [-0.2, 0) is 14.4 Å². The van der Waals surface area contributed by atoms with Gasteiger partial charge < -0.3 is 15.3 Å². The number of oxime groups is 1. The minimum Gasteiger partial charge on any atom is -0.393 e. The zero-order chi connectivity index (χ0) is 11.1. The number of thiazole rings is 1. The molecule has 0 aliphatic heterocycles. The molecule has 6 nitrogen and oxygen atoms in total. The van der Waals surface area contributed by atoms with E-state index in [0.717, 1.165) is 0 Å². The number of hydrogen-bond acceptors (Lipinski definition) is 7. The van der Waals surface area contributed by atoms with Gasteiger partial charge >= 0.3 is 0 Å². The van der Waals surface area contributed by atoms with Crippen molar-refractivity contribution in [2.45, 2.75) is 0 Å². The summed E-state index contributed by atoms with van der Waals surface area (Å²) < 4.78 is 4.75. The Morgan fingerprint density at radius 2 is 2.53 bits per heavy atom. The third kappa shape index (κ3) is 3.64. The molecule has 1 rings (SSSR count). The van der Waals surface area contributed by atoms with E-state index in [1.807, 2.05) is 0 Å². The molecule has 0 radical (unpaired) electrons. The second kappa shape index (κ2) is 6.10. The molecular weight excluding hydrogens is 218 g/mol. The molecular formula is C8H11N3O3S. The van der Waals surface area contributed by atoms with Crippen molar-refractivity contribution in [2.24, 2.45) is 5.16 Å². The Morgan fingerprint density at radius 1 is 1.73 bits per heavy atom. The molecule has 0 atom stereocenters. The Hall–Kier alpha value is -1.47. The summed E-state index contributed by atoms with van der Waals surface area (Å²) >= 11 is 1.24. The van der Waals surface area contributed by atoms with E-state index < -0.39 is 0 Å². The molecule has 1 heterocycles. The van der Waals surface area contributed by atoms with Crippen molar-refractivity contribution < 1.29 is 14.4 Å². The van der Waals surface area contributed by atoms with Crippen LogP contribution in [0.15, 0.2) is 10.5 Å². The molecule has 0 bridgehead atoms. The Kier molecular flexibility index (Phi) is 4.72. The number of carbonyl (C=O) groups is 1. The van der Waals surface area contributed by atoms with Gasteiger partial charge in [-0.1, -0.05) is 5.16 Å². The number of ether oxygens (including phenoxy) is 1. The largest absolute Gasteiger partial charge is 0.393 e. The standard InChI is InChI=1S/C8H11N3O3S/c1-13-2-3-14-11-6(4-12)7-5-15-8(9)10-7/h4-5H,2-3H2,1H3,(H2,9,10)/b11-6+. The third-order valence-electron chi connectivity index (χ3n) is 1.44. The number of nitrogens with two attached hydrogens (primary N) is 1. The van der Waals surface area contributed by atoms with Gasteiger partial charge in [-0.25, -0.2) is 4.98 Å². The summed E-state index contributed by atoms with van der Waals surface area (Å²) in [6.45, 7) is 0.697. The summed E-state index contributed by atoms with van der Waals surface area (Å²) in [5, 5.41) is 5.65. The Balaban J connectivity index is 2.59. The maximum Gasteiger partial charge on any atom is 0.180 e. The predicted molar refractivity (Wildman–Crippen MR) is 57.0 cm³/mol. The highest BCUT2D eigenvalue weighted by molar-refractivity contribution is 7.13. The van der Waals surface area contributed by atoms with E-state index in [4.69, 9.17) is 15.3 Å². The lowest BCUT2D eigenvalue weighted by Crippen LogP contribution is -2.06. The number of hydrogen-bond donors (Lipinski definition) is 1. The zero-order valence-electron chi connectivity index (χ0n) is 8.17. The summed E-state index contributed by atoms with van der Waals surface area (Å²) in [5.74, 6) is 0. The molecule has 0 fully saturated rings. The lowest BCUT2D eigenvalue weighted by atomic mass is 10.3. The van der Waals surface area contributed by atoms with Crippen LogP contribution >= 0.6 is 11.3 Å². The van der Waals surface area contributed by atoms with E-state index in [1.165, 1.54) is 11.3 Å². The first-order valence-corrected chi connectivity index (χ1v) is 5.01. The molecule has 1 aromatic heterocycles. The molecule has 1 aromatic rings. The van der Waals surface area contributed by atoms with Crippen LogP contribution in [0.25, 0.3) is 0 Å². The SMILES string of the molecule is COCCO/N=C(\C=O)c1csc(N)n1. The molecule has 0 spiro atoms. The lowest BCUT2D eigenvalue weighted by molar-refractivity contribution is -0.102. The van der Waals surface area contributed by atoms with Crippen LogP contribution in [0, 0.1) is 0 Å². The van der Waals surface area contributed by atoms with Crippen molar-refractivity contribution in [3.05, 3.63) is 11.1 Å². The maximum absolute atomic E-state index is 10.7. The van der Waals surface area contributed by atoms with Crippen molar-refractivity contribution in [3.8, 4) is 0 Å². The second-order valence-corrected chi connectivity index (χ2v) is 3.38. The van der Waals surface area contributed by atoms with Crippen LogP contribution in [0.2, 0.25) is 0 Å². The first kappa shape index (κ1) is 11.6. The summed E-state index contributed by atoms with van der Waals surface area (Å²) in [6.07, 6.45) is 0.571. The smallest absolute Gasteiger partial charge is 0.180 e. The summed E-state index contributed by atoms with van der Waals surface area (Å²) in [4.78, 5) is 19.4. The van der Waals surface area contributed by atoms with Gasteiger partial charge in [-0.05, 0) is 0 Å². The Morgan fingerprint density at radius 3 is 3.07 bits per heavy atom. The number of nitrogen functional groups attached to an aromatic ring is 1. The normalized spacial score (nSPS) is 11.4. The summed E-state index contributed by atoms with van der Waals surface area (Å²) in [5.41, 5.74) is 5.97. The minimum atomic E-state index is 0.124.